The lowest BCUT2D eigenvalue weighted by Crippen LogP contribution is -2.40. The van der Waals surface area contributed by atoms with Crippen molar-refractivity contribution in [1.82, 2.24) is 0 Å². The van der Waals surface area contributed by atoms with Crippen LogP contribution in [0.15, 0.2) is 23.5 Å². The molecule has 1 fully saturated rings. The van der Waals surface area contributed by atoms with E-state index in [0.29, 0.717) is 22.7 Å². The van der Waals surface area contributed by atoms with E-state index in [2.05, 4.69) is 6.92 Å². The van der Waals surface area contributed by atoms with Gasteiger partial charge < -0.3 is 14.4 Å². The number of imide groups is 1. The zero-order chi connectivity index (χ0) is 20.4. The predicted molar refractivity (Wildman–Crippen MR) is 101 cm³/mol. The van der Waals surface area contributed by atoms with Crippen molar-refractivity contribution in [2.45, 2.75) is 46.5 Å². The number of ether oxygens (including phenoxy) is 2. The largest absolute Gasteiger partial charge is 0.481 e. The number of rotatable bonds is 6. The van der Waals surface area contributed by atoms with Crippen molar-refractivity contribution in [3.05, 3.63) is 29.3 Å². The van der Waals surface area contributed by atoms with Gasteiger partial charge in [0.2, 0.25) is 0 Å². The number of cyclic esters (lactones) is 1. The van der Waals surface area contributed by atoms with Crippen molar-refractivity contribution in [3.63, 3.8) is 0 Å². The molecule has 28 heavy (non-hydrogen) atoms. The van der Waals surface area contributed by atoms with E-state index in [0.717, 1.165) is 31.7 Å². The molecule has 0 N–H and O–H groups in total. The van der Waals surface area contributed by atoms with Gasteiger partial charge in [-0.1, -0.05) is 26.2 Å². The summed E-state index contributed by atoms with van der Waals surface area (Å²) in [7, 11) is 0. The van der Waals surface area contributed by atoms with Gasteiger partial charge in [-0.3, -0.25) is 9.59 Å². The molecule has 0 unspecified atom stereocenters. The standard InChI is InChI=1S/C20H23FN2O5/c1-4-5-6-7-8-22-15-10-14(13(21)9-16(15)27-11-17(22)24)23-19(25)18(12(2)3)28-20(23)26/h9-10H,4-8,11H2,1-3H3. The number of unbranched alkanes of at least 4 members (excludes halogenated alkanes) is 3. The molecule has 1 aromatic rings. The molecule has 0 saturated carbocycles. The number of carbonyl (C=O) groups excluding carboxylic acids is 3. The summed E-state index contributed by atoms with van der Waals surface area (Å²) < 4.78 is 25.0. The first-order valence-electron chi connectivity index (χ1n) is 9.35. The molecule has 0 radical (unpaired) electrons. The van der Waals surface area contributed by atoms with Crippen molar-refractivity contribution in [3.8, 4) is 5.75 Å². The molecule has 0 aliphatic carbocycles. The Balaban J connectivity index is 1.96. The van der Waals surface area contributed by atoms with Gasteiger partial charge in [-0.25, -0.2) is 14.1 Å². The Morgan fingerprint density at radius 2 is 1.86 bits per heavy atom. The van der Waals surface area contributed by atoms with Crippen LogP contribution in [0.2, 0.25) is 0 Å². The van der Waals surface area contributed by atoms with E-state index in [9.17, 15) is 18.8 Å². The van der Waals surface area contributed by atoms with E-state index < -0.39 is 17.8 Å². The van der Waals surface area contributed by atoms with Crippen LogP contribution in [0.4, 0.5) is 20.6 Å². The van der Waals surface area contributed by atoms with Crippen LogP contribution in [0.1, 0.15) is 46.5 Å². The molecule has 1 saturated heterocycles. The van der Waals surface area contributed by atoms with E-state index in [-0.39, 0.29) is 29.7 Å². The fraction of sp³-hybridized carbons (Fsp3) is 0.450. The van der Waals surface area contributed by atoms with Crippen LogP contribution < -0.4 is 14.5 Å². The van der Waals surface area contributed by atoms with Crippen LogP contribution >= 0.6 is 0 Å². The molecule has 150 valence electrons. The molecule has 0 spiro atoms. The highest BCUT2D eigenvalue weighted by atomic mass is 19.1. The molecule has 3 rings (SSSR count). The first-order valence-corrected chi connectivity index (χ1v) is 9.35. The maximum Gasteiger partial charge on any atom is 0.427 e. The number of benzene rings is 1. The first kappa shape index (κ1) is 19.9. The van der Waals surface area contributed by atoms with E-state index in [4.69, 9.17) is 9.47 Å². The van der Waals surface area contributed by atoms with Gasteiger partial charge in [-0.2, -0.15) is 0 Å². The molecule has 3 amide bonds. The van der Waals surface area contributed by atoms with Crippen LogP contribution in [0.3, 0.4) is 0 Å². The molecule has 0 aromatic heterocycles. The summed E-state index contributed by atoms with van der Waals surface area (Å²) in [6.07, 6.45) is 2.90. The molecule has 2 heterocycles. The number of amides is 3. The second kappa shape index (κ2) is 8.00. The van der Waals surface area contributed by atoms with Crippen LogP contribution in [0, 0.1) is 5.82 Å². The monoisotopic (exact) mass is 390 g/mol. The maximum absolute atomic E-state index is 14.7. The Kier molecular flexibility index (Phi) is 5.67. The zero-order valence-electron chi connectivity index (χ0n) is 16.2. The molecule has 0 bridgehead atoms. The van der Waals surface area contributed by atoms with Crippen molar-refractivity contribution in [2.24, 2.45) is 0 Å². The van der Waals surface area contributed by atoms with Gasteiger partial charge in [-0.15, -0.1) is 0 Å². The second-order valence-electron chi connectivity index (χ2n) is 7.00. The zero-order valence-corrected chi connectivity index (χ0v) is 16.2. The van der Waals surface area contributed by atoms with Gasteiger partial charge in [-0.05, 0) is 31.9 Å². The van der Waals surface area contributed by atoms with E-state index in [1.165, 1.54) is 11.0 Å². The summed E-state index contributed by atoms with van der Waals surface area (Å²) in [6, 6.07) is 2.39. The summed E-state index contributed by atoms with van der Waals surface area (Å²) in [4.78, 5) is 39.2. The minimum absolute atomic E-state index is 0.120. The quantitative estimate of drug-likeness (QED) is 0.544. The lowest BCUT2D eigenvalue weighted by molar-refractivity contribution is -0.121. The summed E-state index contributed by atoms with van der Waals surface area (Å²) in [5.74, 6) is -1.70. The molecule has 2 aliphatic rings. The average molecular weight is 390 g/mol. The number of hydrogen-bond donors (Lipinski definition) is 0. The Labute approximate surface area is 162 Å². The number of anilines is 2. The number of halogens is 1. The van der Waals surface area contributed by atoms with Gasteiger partial charge in [0.25, 0.3) is 5.91 Å². The SMILES string of the molecule is CCCCCCN1C(=O)COc2cc(F)c(N3C(=O)OC(=C(C)C)C3=O)cc21. The van der Waals surface area contributed by atoms with Gasteiger partial charge in [0.05, 0.1) is 11.4 Å². The Bertz CT molecular complexity index is 860. The second-order valence-corrected chi connectivity index (χ2v) is 7.00. The summed E-state index contributed by atoms with van der Waals surface area (Å²) in [5, 5.41) is 0. The minimum Gasteiger partial charge on any atom is -0.481 e. The topological polar surface area (TPSA) is 76.2 Å². The van der Waals surface area contributed by atoms with Crippen LogP contribution in [-0.2, 0) is 14.3 Å². The predicted octanol–water partition coefficient (Wildman–Crippen LogP) is 3.91. The van der Waals surface area contributed by atoms with Crippen LogP contribution in [0.5, 0.6) is 5.75 Å². The molecular weight excluding hydrogens is 367 g/mol. The van der Waals surface area contributed by atoms with Gasteiger partial charge in [0.15, 0.2) is 18.2 Å². The third kappa shape index (κ3) is 3.58. The Morgan fingerprint density at radius 3 is 2.50 bits per heavy atom. The van der Waals surface area contributed by atoms with Crippen molar-refractivity contribution in [1.29, 1.82) is 0 Å². The highest BCUT2D eigenvalue weighted by Gasteiger charge is 2.41. The van der Waals surface area contributed by atoms with Crippen molar-refractivity contribution in [2.75, 3.05) is 23.0 Å². The maximum atomic E-state index is 14.7. The summed E-state index contributed by atoms with van der Waals surface area (Å²) in [5.41, 5.74) is 0.590. The lowest BCUT2D eigenvalue weighted by Gasteiger charge is -2.30. The minimum atomic E-state index is -0.974. The molecular formula is C20H23FN2O5. The average Bonchev–Trinajstić information content (AvgIpc) is 2.94. The van der Waals surface area contributed by atoms with E-state index in [1.54, 1.807) is 13.8 Å². The van der Waals surface area contributed by atoms with E-state index in [1.807, 2.05) is 0 Å². The number of allylic oxidation sites excluding steroid dienone is 1. The van der Waals surface area contributed by atoms with Crippen LogP contribution in [-0.4, -0.2) is 31.1 Å². The fourth-order valence-corrected chi connectivity index (χ4v) is 3.21. The third-order valence-electron chi connectivity index (χ3n) is 4.67. The van der Waals surface area contributed by atoms with Crippen molar-refractivity contribution < 1.29 is 28.2 Å². The van der Waals surface area contributed by atoms with Gasteiger partial charge in [0.1, 0.15) is 5.75 Å². The summed E-state index contributed by atoms with van der Waals surface area (Å²) in [6.45, 7) is 5.62. The molecule has 8 heteroatoms. The summed E-state index contributed by atoms with van der Waals surface area (Å²) >= 11 is 0. The molecule has 2 aliphatic heterocycles. The Morgan fingerprint density at radius 1 is 1.11 bits per heavy atom. The van der Waals surface area contributed by atoms with E-state index >= 15 is 0 Å². The fourth-order valence-electron chi connectivity index (χ4n) is 3.21. The molecule has 0 atom stereocenters. The van der Waals surface area contributed by atoms with Crippen LogP contribution in [0.25, 0.3) is 0 Å². The number of nitrogens with zero attached hydrogens (tertiary/aromatic N) is 2. The number of fused-ring (bicyclic) bond motifs is 1. The molecule has 7 nitrogen and oxygen atoms in total. The third-order valence-corrected chi connectivity index (χ3v) is 4.67. The van der Waals surface area contributed by atoms with Gasteiger partial charge >= 0.3 is 12.0 Å². The molecule has 1 aromatic carbocycles. The highest BCUT2D eigenvalue weighted by Crippen LogP contribution is 2.39. The lowest BCUT2D eigenvalue weighted by atomic mass is 10.1. The Hall–Kier alpha value is -2.90. The smallest absolute Gasteiger partial charge is 0.427 e. The van der Waals surface area contributed by atoms with Crippen molar-refractivity contribution >= 4 is 29.3 Å². The normalized spacial score (nSPS) is 16.3. The highest BCUT2D eigenvalue weighted by molar-refractivity contribution is 6.24. The van der Waals surface area contributed by atoms with Gasteiger partial charge in [0, 0.05) is 12.6 Å². The number of carbonyl (C=O) groups is 3. The first-order chi connectivity index (χ1) is 13.3. The number of hydrogen-bond acceptors (Lipinski definition) is 5.